The summed E-state index contributed by atoms with van der Waals surface area (Å²) < 4.78 is 0. The van der Waals surface area contributed by atoms with Crippen LogP contribution in [0.1, 0.15) is 26.2 Å². The van der Waals surface area contributed by atoms with Crippen LogP contribution in [0.15, 0.2) is 0 Å². The number of fused-ring (bicyclic) bond motifs is 2. The van der Waals surface area contributed by atoms with E-state index in [-0.39, 0.29) is 17.7 Å². The van der Waals surface area contributed by atoms with E-state index in [2.05, 4.69) is 0 Å². The van der Waals surface area contributed by atoms with Crippen LogP contribution < -0.4 is 0 Å². The van der Waals surface area contributed by atoms with Gasteiger partial charge < -0.3 is 4.90 Å². The fourth-order valence-electron chi connectivity index (χ4n) is 2.30. The van der Waals surface area contributed by atoms with Crippen LogP contribution in [-0.2, 0) is 9.59 Å². The molecule has 0 spiro atoms. The molecule has 0 aromatic carbocycles. The fraction of sp³-hybridized carbons (Fsp3) is 0.778. The van der Waals surface area contributed by atoms with Crippen LogP contribution in [0.25, 0.3) is 0 Å². The number of ketones is 1. The maximum Gasteiger partial charge on any atom is 0.220 e. The molecule has 2 unspecified atom stereocenters. The van der Waals surface area contributed by atoms with Crippen molar-refractivity contribution in [3.63, 3.8) is 0 Å². The minimum absolute atomic E-state index is 0.0535. The number of carbonyl (C=O) groups excluding carboxylic acids is 2. The zero-order valence-corrected chi connectivity index (χ0v) is 7.25. The lowest BCUT2D eigenvalue weighted by atomic mass is 9.89. The summed E-state index contributed by atoms with van der Waals surface area (Å²) in [6.07, 6.45) is 2.58. The Hall–Kier alpha value is -0.860. The highest BCUT2D eigenvalue weighted by atomic mass is 16.2. The predicted molar refractivity (Wildman–Crippen MR) is 43.5 cm³/mol. The van der Waals surface area contributed by atoms with E-state index in [1.807, 2.05) is 0 Å². The van der Waals surface area contributed by atoms with Crippen molar-refractivity contribution in [2.24, 2.45) is 5.92 Å². The van der Waals surface area contributed by atoms with Gasteiger partial charge in [0.1, 0.15) is 0 Å². The molecule has 66 valence electrons. The summed E-state index contributed by atoms with van der Waals surface area (Å²) in [6, 6.07) is -0.0683. The summed E-state index contributed by atoms with van der Waals surface area (Å²) in [4.78, 5) is 24.2. The lowest BCUT2D eigenvalue weighted by molar-refractivity contribution is -0.135. The Morgan fingerprint density at radius 2 is 2.33 bits per heavy atom. The number of hydrogen-bond donors (Lipinski definition) is 0. The molecular weight excluding hydrogens is 154 g/mol. The topological polar surface area (TPSA) is 37.4 Å². The number of carbonyl (C=O) groups is 2. The molecule has 1 amide bonds. The number of amides is 1. The largest absolute Gasteiger partial charge is 0.333 e. The predicted octanol–water partition coefficient (Wildman–Crippen LogP) is 0.586. The van der Waals surface area contributed by atoms with Crippen LogP contribution in [0.4, 0.5) is 0 Å². The van der Waals surface area contributed by atoms with Gasteiger partial charge in [-0.3, -0.25) is 9.59 Å². The molecular formula is C9H13NO2. The zero-order chi connectivity index (χ0) is 8.72. The molecule has 2 aliphatic rings. The van der Waals surface area contributed by atoms with Gasteiger partial charge in [-0.1, -0.05) is 0 Å². The van der Waals surface area contributed by atoms with Crippen LogP contribution in [0.5, 0.6) is 0 Å². The quantitative estimate of drug-likeness (QED) is 0.529. The third-order valence-corrected chi connectivity index (χ3v) is 2.96. The number of hydrogen-bond acceptors (Lipinski definition) is 2. The average molecular weight is 167 g/mol. The van der Waals surface area contributed by atoms with Gasteiger partial charge >= 0.3 is 0 Å². The molecule has 1 heterocycles. The molecule has 12 heavy (non-hydrogen) atoms. The second-order valence-electron chi connectivity index (χ2n) is 3.79. The van der Waals surface area contributed by atoms with E-state index in [0.29, 0.717) is 12.3 Å². The second-order valence-corrected chi connectivity index (χ2v) is 3.79. The normalized spacial score (nSPS) is 34.1. The summed E-state index contributed by atoms with van der Waals surface area (Å²) in [5, 5.41) is 0. The molecule has 1 saturated carbocycles. The van der Waals surface area contributed by atoms with Gasteiger partial charge in [-0.15, -0.1) is 0 Å². The van der Waals surface area contributed by atoms with Crippen LogP contribution in [-0.4, -0.2) is 29.2 Å². The molecule has 1 aliphatic heterocycles. The monoisotopic (exact) mass is 167 g/mol. The number of rotatable bonds is 0. The van der Waals surface area contributed by atoms with E-state index in [1.54, 1.807) is 11.8 Å². The maximum atomic E-state index is 11.4. The van der Waals surface area contributed by atoms with E-state index in [9.17, 15) is 9.59 Å². The lowest BCUT2D eigenvalue weighted by Crippen LogP contribution is -2.38. The van der Waals surface area contributed by atoms with Crippen LogP contribution in [0.2, 0.25) is 0 Å². The third-order valence-electron chi connectivity index (χ3n) is 2.96. The summed E-state index contributed by atoms with van der Waals surface area (Å²) in [6.45, 7) is 2.36. The Bertz CT molecular complexity index is 237. The van der Waals surface area contributed by atoms with E-state index < -0.39 is 0 Å². The first-order valence-corrected chi connectivity index (χ1v) is 4.48. The molecule has 3 heteroatoms. The van der Waals surface area contributed by atoms with Crippen molar-refractivity contribution < 1.29 is 9.59 Å². The van der Waals surface area contributed by atoms with Crippen LogP contribution in [0, 0.1) is 5.92 Å². The van der Waals surface area contributed by atoms with Crippen molar-refractivity contribution in [3.05, 3.63) is 0 Å². The molecule has 2 fully saturated rings. The van der Waals surface area contributed by atoms with Crippen molar-refractivity contribution in [1.82, 2.24) is 4.90 Å². The van der Waals surface area contributed by atoms with Crippen LogP contribution in [0.3, 0.4) is 0 Å². The van der Waals surface area contributed by atoms with Crippen molar-refractivity contribution in [1.29, 1.82) is 0 Å². The summed E-state index contributed by atoms with van der Waals surface area (Å²) in [7, 11) is 0. The molecule has 0 aromatic rings. The van der Waals surface area contributed by atoms with Crippen molar-refractivity contribution in [3.8, 4) is 0 Å². The summed E-state index contributed by atoms with van der Waals surface area (Å²) in [5.41, 5.74) is 0. The molecule has 2 rings (SSSR count). The van der Waals surface area contributed by atoms with Gasteiger partial charge in [0.25, 0.3) is 0 Å². The molecule has 2 bridgehead atoms. The summed E-state index contributed by atoms with van der Waals surface area (Å²) in [5.74, 6) is 0.910. The Morgan fingerprint density at radius 1 is 1.58 bits per heavy atom. The fourth-order valence-corrected chi connectivity index (χ4v) is 2.30. The summed E-state index contributed by atoms with van der Waals surface area (Å²) >= 11 is 0. The maximum absolute atomic E-state index is 11.4. The molecule has 0 N–H and O–H groups in total. The molecule has 1 aliphatic carbocycles. The minimum atomic E-state index is -0.0683. The SMILES string of the molecule is CC(=O)N1CC2CCC(=O)C1C2. The second kappa shape index (κ2) is 2.57. The Kier molecular flexibility index (Phi) is 1.67. The Morgan fingerprint density at radius 3 is 3.00 bits per heavy atom. The third kappa shape index (κ3) is 1.04. The van der Waals surface area contributed by atoms with E-state index in [1.165, 1.54) is 0 Å². The van der Waals surface area contributed by atoms with Gasteiger partial charge in [-0.2, -0.15) is 0 Å². The van der Waals surface area contributed by atoms with E-state index >= 15 is 0 Å². The molecule has 0 radical (unpaired) electrons. The lowest BCUT2D eigenvalue weighted by Gasteiger charge is -2.21. The van der Waals surface area contributed by atoms with Gasteiger partial charge in [-0.05, 0) is 18.8 Å². The van der Waals surface area contributed by atoms with E-state index in [0.717, 1.165) is 19.4 Å². The smallest absolute Gasteiger partial charge is 0.220 e. The highest BCUT2D eigenvalue weighted by molar-refractivity contribution is 5.89. The zero-order valence-electron chi connectivity index (χ0n) is 7.25. The van der Waals surface area contributed by atoms with Crippen molar-refractivity contribution >= 4 is 11.7 Å². The molecule has 3 nitrogen and oxygen atoms in total. The number of likely N-dealkylation sites (tertiary alicyclic amines) is 1. The van der Waals surface area contributed by atoms with Gasteiger partial charge in [0.15, 0.2) is 5.78 Å². The first kappa shape index (κ1) is 7.77. The minimum Gasteiger partial charge on any atom is -0.333 e. The first-order valence-electron chi connectivity index (χ1n) is 4.48. The Labute approximate surface area is 71.7 Å². The van der Waals surface area contributed by atoms with Crippen molar-refractivity contribution in [2.75, 3.05) is 6.54 Å². The standard InChI is InChI=1S/C9H13NO2/c1-6(11)10-5-7-2-3-9(12)8(10)4-7/h7-8H,2-5H2,1H3. The Balaban J connectivity index is 2.19. The van der Waals surface area contributed by atoms with E-state index in [4.69, 9.17) is 0 Å². The number of Topliss-reactive ketones (excluding diaryl/α,β-unsaturated/α-hetero) is 1. The van der Waals surface area contributed by atoms with Gasteiger partial charge in [0.2, 0.25) is 5.91 Å². The number of nitrogens with zero attached hydrogens (tertiary/aromatic N) is 1. The van der Waals surface area contributed by atoms with Gasteiger partial charge in [-0.25, -0.2) is 0 Å². The van der Waals surface area contributed by atoms with Crippen molar-refractivity contribution in [2.45, 2.75) is 32.2 Å². The highest BCUT2D eigenvalue weighted by Gasteiger charge is 2.41. The molecule has 0 aromatic heterocycles. The van der Waals surface area contributed by atoms with Gasteiger partial charge in [0.05, 0.1) is 6.04 Å². The highest BCUT2D eigenvalue weighted by Crippen LogP contribution is 2.33. The molecule has 1 saturated heterocycles. The average Bonchev–Trinajstić information content (AvgIpc) is 2.37. The molecule has 2 atom stereocenters. The van der Waals surface area contributed by atoms with Crippen LogP contribution >= 0.6 is 0 Å². The van der Waals surface area contributed by atoms with Gasteiger partial charge in [0, 0.05) is 19.9 Å². The first-order chi connectivity index (χ1) is 5.68.